The van der Waals surface area contributed by atoms with E-state index in [1.807, 2.05) is 32.0 Å². The van der Waals surface area contributed by atoms with Crippen molar-refractivity contribution in [3.63, 3.8) is 0 Å². The predicted octanol–water partition coefficient (Wildman–Crippen LogP) is 4.12. The average molecular weight is 475 g/mol. The van der Waals surface area contributed by atoms with Gasteiger partial charge in [0.15, 0.2) is 5.65 Å². The number of aryl methyl sites for hydroxylation is 1. The van der Waals surface area contributed by atoms with Crippen LogP contribution in [-0.4, -0.2) is 30.2 Å². The molecule has 0 aliphatic heterocycles. The van der Waals surface area contributed by atoms with Gasteiger partial charge >= 0.3 is 5.69 Å². The van der Waals surface area contributed by atoms with E-state index in [4.69, 9.17) is 16.1 Å². The molecule has 0 atom stereocenters. The van der Waals surface area contributed by atoms with Crippen LogP contribution < -0.4 is 11.0 Å². The van der Waals surface area contributed by atoms with Gasteiger partial charge in [-0.25, -0.2) is 13.9 Å². The molecule has 0 spiro atoms. The summed E-state index contributed by atoms with van der Waals surface area (Å²) in [5, 5.41) is 11.8. The van der Waals surface area contributed by atoms with Crippen LogP contribution in [0.2, 0.25) is 5.02 Å². The molecule has 0 saturated heterocycles. The number of carbonyl (C=O) groups excluding carboxylic acids is 1. The van der Waals surface area contributed by atoms with Gasteiger partial charge in [0.05, 0.1) is 5.56 Å². The minimum Gasteiger partial charge on any atom is -0.333 e. The summed E-state index contributed by atoms with van der Waals surface area (Å²) in [4.78, 5) is 30.0. The molecule has 0 unspecified atom stereocenters. The summed E-state index contributed by atoms with van der Waals surface area (Å²) in [5.41, 5.74) is 3.78. The van der Waals surface area contributed by atoms with Crippen LogP contribution in [0.4, 0.5) is 5.69 Å². The minimum absolute atomic E-state index is 0.201. The maximum Gasteiger partial charge on any atom is 0.350 e. The van der Waals surface area contributed by atoms with E-state index in [9.17, 15) is 9.59 Å². The minimum atomic E-state index is -0.453. The molecule has 0 radical (unpaired) electrons. The van der Waals surface area contributed by atoms with Crippen molar-refractivity contribution in [3.8, 4) is 22.8 Å². The van der Waals surface area contributed by atoms with E-state index in [0.717, 1.165) is 21.4 Å². The molecule has 34 heavy (non-hydrogen) atoms. The molecule has 10 heteroatoms. The topological polar surface area (TPSA) is 107 Å². The summed E-state index contributed by atoms with van der Waals surface area (Å²) < 4.78 is 7.89. The predicted molar refractivity (Wildman–Crippen MR) is 128 cm³/mol. The summed E-state index contributed by atoms with van der Waals surface area (Å²) in [7, 11) is 0. The first kappa shape index (κ1) is 21.6. The Morgan fingerprint density at radius 3 is 2.68 bits per heavy atom. The second-order valence-corrected chi connectivity index (χ2v) is 8.22. The zero-order chi connectivity index (χ0) is 23.8. The third-order valence-corrected chi connectivity index (χ3v) is 5.79. The van der Waals surface area contributed by atoms with Crippen LogP contribution in [-0.2, 0) is 11.3 Å². The number of amides is 1. The summed E-state index contributed by atoms with van der Waals surface area (Å²) in [5.74, 6) is 0.222. The highest BCUT2D eigenvalue weighted by molar-refractivity contribution is 6.30. The largest absolute Gasteiger partial charge is 0.350 e. The lowest BCUT2D eigenvalue weighted by Crippen LogP contribution is -2.28. The molecule has 2 aromatic carbocycles. The normalized spacial score (nSPS) is 11.1. The van der Waals surface area contributed by atoms with Crippen molar-refractivity contribution in [2.45, 2.75) is 20.4 Å². The molecule has 3 heterocycles. The molecule has 5 aromatic rings. The number of nitrogens with zero attached hydrogens (tertiary/aromatic N) is 5. The van der Waals surface area contributed by atoms with Crippen molar-refractivity contribution in [2.24, 2.45) is 0 Å². The quantitative estimate of drug-likeness (QED) is 0.410. The van der Waals surface area contributed by atoms with Crippen LogP contribution in [0.3, 0.4) is 0 Å². The highest BCUT2D eigenvalue weighted by Crippen LogP contribution is 2.25. The van der Waals surface area contributed by atoms with Crippen LogP contribution in [0.25, 0.3) is 28.5 Å². The van der Waals surface area contributed by atoms with E-state index >= 15 is 0 Å². The summed E-state index contributed by atoms with van der Waals surface area (Å²) in [6.07, 6.45) is 1.57. The molecule has 0 saturated carbocycles. The van der Waals surface area contributed by atoms with Crippen LogP contribution in [0.15, 0.2) is 70.1 Å². The molecule has 1 N–H and O–H groups in total. The monoisotopic (exact) mass is 474 g/mol. The fourth-order valence-electron chi connectivity index (χ4n) is 3.57. The van der Waals surface area contributed by atoms with E-state index < -0.39 is 5.69 Å². The van der Waals surface area contributed by atoms with Gasteiger partial charge in [-0.05, 0) is 67.4 Å². The van der Waals surface area contributed by atoms with Crippen LogP contribution in [0.5, 0.6) is 0 Å². The van der Waals surface area contributed by atoms with Crippen molar-refractivity contribution in [3.05, 3.63) is 87.4 Å². The second kappa shape index (κ2) is 8.60. The van der Waals surface area contributed by atoms with E-state index in [1.54, 1.807) is 42.6 Å². The van der Waals surface area contributed by atoms with Gasteiger partial charge in [-0.2, -0.15) is 4.98 Å². The Labute approximate surface area is 198 Å². The van der Waals surface area contributed by atoms with Crippen molar-refractivity contribution in [1.82, 2.24) is 24.3 Å². The van der Waals surface area contributed by atoms with Gasteiger partial charge in [-0.1, -0.05) is 28.9 Å². The standard InChI is InChI=1S/C24H19ClN6O3/c1-14-5-3-7-19(15(14)2)26-20(32)13-31-24(33)30-12-4-6-18(22(30)28-31)23-27-21(29-34-23)16-8-10-17(25)11-9-16/h3-12H,13H2,1-2H3,(H,26,32). The van der Waals surface area contributed by atoms with Crippen molar-refractivity contribution in [1.29, 1.82) is 0 Å². The van der Waals surface area contributed by atoms with Crippen molar-refractivity contribution in [2.75, 3.05) is 5.32 Å². The van der Waals surface area contributed by atoms with E-state index in [0.29, 0.717) is 27.7 Å². The van der Waals surface area contributed by atoms with Crippen LogP contribution in [0, 0.1) is 13.8 Å². The molecule has 0 aliphatic carbocycles. The second-order valence-electron chi connectivity index (χ2n) is 7.78. The first-order valence-corrected chi connectivity index (χ1v) is 10.8. The van der Waals surface area contributed by atoms with Crippen LogP contribution in [0.1, 0.15) is 11.1 Å². The first-order chi connectivity index (χ1) is 16.4. The number of nitrogens with one attached hydrogen (secondary N) is 1. The van der Waals surface area contributed by atoms with Gasteiger partial charge in [0.2, 0.25) is 11.7 Å². The van der Waals surface area contributed by atoms with E-state index in [2.05, 4.69) is 20.6 Å². The Morgan fingerprint density at radius 2 is 1.88 bits per heavy atom. The maximum atomic E-state index is 12.9. The number of hydrogen-bond donors (Lipinski definition) is 1. The molecular formula is C24H19ClN6O3. The number of aromatic nitrogens is 5. The third-order valence-electron chi connectivity index (χ3n) is 5.54. The van der Waals surface area contributed by atoms with Gasteiger partial charge in [0.1, 0.15) is 6.54 Å². The summed E-state index contributed by atoms with van der Waals surface area (Å²) in [6, 6.07) is 16.1. The maximum absolute atomic E-state index is 12.9. The van der Waals surface area contributed by atoms with Gasteiger partial charge in [-0.3, -0.25) is 4.79 Å². The number of hydrogen-bond acceptors (Lipinski definition) is 6. The molecule has 1 amide bonds. The lowest BCUT2D eigenvalue weighted by atomic mass is 10.1. The highest BCUT2D eigenvalue weighted by Gasteiger charge is 2.19. The van der Waals surface area contributed by atoms with Gasteiger partial charge < -0.3 is 9.84 Å². The zero-order valence-electron chi connectivity index (χ0n) is 18.3. The lowest BCUT2D eigenvalue weighted by molar-refractivity contribution is -0.117. The van der Waals surface area contributed by atoms with Crippen molar-refractivity contribution < 1.29 is 9.32 Å². The Morgan fingerprint density at radius 1 is 1.09 bits per heavy atom. The van der Waals surface area contributed by atoms with E-state index in [1.165, 1.54) is 4.40 Å². The van der Waals surface area contributed by atoms with Gasteiger partial charge in [0.25, 0.3) is 5.89 Å². The molecule has 3 aromatic heterocycles. The Kier molecular flexibility index (Phi) is 5.46. The molecule has 9 nitrogen and oxygen atoms in total. The molecule has 0 bridgehead atoms. The smallest absolute Gasteiger partial charge is 0.333 e. The number of rotatable bonds is 5. The molecule has 170 valence electrons. The zero-order valence-corrected chi connectivity index (χ0v) is 19.1. The van der Waals surface area contributed by atoms with Gasteiger partial charge in [-0.15, -0.1) is 5.10 Å². The number of halogens is 1. The molecular weight excluding hydrogens is 456 g/mol. The molecule has 5 rings (SSSR count). The third kappa shape index (κ3) is 3.97. The average Bonchev–Trinajstić information content (AvgIpc) is 3.43. The number of carbonyl (C=O) groups is 1. The number of benzene rings is 2. The Balaban J connectivity index is 1.45. The Hall–Kier alpha value is -4.24. The first-order valence-electron chi connectivity index (χ1n) is 10.4. The fourth-order valence-corrected chi connectivity index (χ4v) is 3.70. The number of pyridine rings is 1. The summed E-state index contributed by atoms with van der Waals surface area (Å²) in [6.45, 7) is 3.65. The van der Waals surface area contributed by atoms with E-state index in [-0.39, 0.29) is 18.3 Å². The van der Waals surface area contributed by atoms with Crippen molar-refractivity contribution >= 4 is 28.8 Å². The number of fused-ring (bicyclic) bond motifs is 1. The van der Waals surface area contributed by atoms with Gasteiger partial charge in [0, 0.05) is 22.5 Å². The number of anilines is 1. The molecule has 0 fully saturated rings. The molecule has 0 aliphatic rings. The lowest BCUT2D eigenvalue weighted by Gasteiger charge is -2.09. The SMILES string of the molecule is Cc1cccc(NC(=O)Cn2nc3c(-c4nc(-c5ccc(Cl)cc5)no4)cccn3c2=O)c1C. The summed E-state index contributed by atoms with van der Waals surface area (Å²) >= 11 is 5.94. The Bertz CT molecular complexity index is 1580. The van der Waals surface area contributed by atoms with Crippen LogP contribution >= 0.6 is 11.6 Å². The fraction of sp³-hybridized carbons (Fsp3) is 0.125. The highest BCUT2D eigenvalue weighted by atomic mass is 35.5.